The first-order valence-corrected chi connectivity index (χ1v) is 7.65. The second kappa shape index (κ2) is 7.13. The van der Waals surface area contributed by atoms with Crippen LogP contribution >= 0.6 is 11.6 Å². The van der Waals surface area contributed by atoms with E-state index in [1.165, 1.54) is 12.8 Å². The molecule has 0 aromatic heterocycles. The molecule has 0 N–H and O–H groups in total. The fourth-order valence-corrected chi connectivity index (χ4v) is 3.11. The summed E-state index contributed by atoms with van der Waals surface area (Å²) in [5.74, 6) is 6.70. The van der Waals surface area contributed by atoms with Crippen molar-refractivity contribution in [1.82, 2.24) is 9.80 Å². The minimum Gasteiger partial charge on any atom is -0.308 e. The maximum atomic E-state index is 5.99. The van der Waals surface area contributed by atoms with Crippen molar-refractivity contribution in [1.29, 1.82) is 0 Å². The zero-order valence-electron chi connectivity index (χ0n) is 12.6. The Morgan fingerprint density at radius 2 is 2.15 bits per heavy atom. The second-order valence-electron chi connectivity index (χ2n) is 5.62. The fourth-order valence-electron chi connectivity index (χ4n) is 2.92. The van der Waals surface area contributed by atoms with Crippen LogP contribution in [-0.4, -0.2) is 49.1 Å². The van der Waals surface area contributed by atoms with Crippen LogP contribution in [0.25, 0.3) is 0 Å². The van der Waals surface area contributed by atoms with Crippen LogP contribution in [0, 0.1) is 11.8 Å². The number of rotatable bonds is 3. The standard InChI is InChI=1S/C17H23ClN2/c1-4-20-16(10-11-17(20)13-19(2)3)9-8-14-6-5-7-15(18)12-14/h5-7,12,16-17H,4,10-11,13H2,1-3H3. The van der Waals surface area contributed by atoms with Crippen molar-refractivity contribution in [2.45, 2.75) is 31.8 Å². The van der Waals surface area contributed by atoms with Gasteiger partial charge in [-0.25, -0.2) is 0 Å². The largest absolute Gasteiger partial charge is 0.308 e. The van der Waals surface area contributed by atoms with E-state index in [9.17, 15) is 0 Å². The van der Waals surface area contributed by atoms with Gasteiger partial charge in [-0.2, -0.15) is 0 Å². The predicted molar refractivity (Wildman–Crippen MR) is 86.1 cm³/mol. The Morgan fingerprint density at radius 3 is 2.80 bits per heavy atom. The lowest BCUT2D eigenvalue weighted by molar-refractivity contribution is 0.195. The van der Waals surface area contributed by atoms with Gasteiger partial charge in [-0.05, 0) is 51.7 Å². The highest BCUT2D eigenvalue weighted by atomic mass is 35.5. The lowest BCUT2D eigenvalue weighted by atomic mass is 10.1. The van der Waals surface area contributed by atoms with Gasteiger partial charge in [0, 0.05) is 23.2 Å². The van der Waals surface area contributed by atoms with E-state index in [2.05, 4.69) is 42.7 Å². The number of likely N-dealkylation sites (N-methyl/N-ethyl adjacent to an activating group) is 2. The van der Waals surface area contributed by atoms with Crippen LogP contribution in [0.4, 0.5) is 0 Å². The van der Waals surface area contributed by atoms with Gasteiger partial charge in [0.1, 0.15) is 0 Å². The molecule has 2 atom stereocenters. The summed E-state index contributed by atoms with van der Waals surface area (Å²) in [6, 6.07) is 8.79. The summed E-state index contributed by atoms with van der Waals surface area (Å²) in [4.78, 5) is 4.79. The maximum Gasteiger partial charge on any atom is 0.0721 e. The second-order valence-corrected chi connectivity index (χ2v) is 6.06. The predicted octanol–water partition coefficient (Wildman–Crippen LogP) is 3.11. The van der Waals surface area contributed by atoms with Crippen molar-refractivity contribution < 1.29 is 0 Å². The van der Waals surface area contributed by atoms with Crippen LogP contribution in [0.5, 0.6) is 0 Å². The molecular weight excluding hydrogens is 268 g/mol. The Labute approximate surface area is 127 Å². The van der Waals surface area contributed by atoms with Crippen LogP contribution in [-0.2, 0) is 0 Å². The van der Waals surface area contributed by atoms with Crippen molar-refractivity contribution in [3.8, 4) is 11.8 Å². The molecule has 1 aliphatic heterocycles. The molecule has 20 heavy (non-hydrogen) atoms. The first kappa shape index (κ1) is 15.4. The number of hydrogen-bond acceptors (Lipinski definition) is 2. The Bertz CT molecular complexity index is 501. The van der Waals surface area contributed by atoms with Crippen molar-refractivity contribution >= 4 is 11.6 Å². The number of likely N-dealkylation sites (tertiary alicyclic amines) is 1. The van der Waals surface area contributed by atoms with E-state index in [0.29, 0.717) is 12.1 Å². The molecule has 2 nitrogen and oxygen atoms in total. The van der Waals surface area contributed by atoms with Crippen LogP contribution in [0.15, 0.2) is 24.3 Å². The van der Waals surface area contributed by atoms with E-state index in [1.807, 2.05) is 24.3 Å². The van der Waals surface area contributed by atoms with Gasteiger partial charge in [-0.15, -0.1) is 0 Å². The summed E-state index contributed by atoms with van der Waals surface area (Å²) in [6.45, 7) is 4.40. The van der Waals surface area contributed by atoms with Gasteiger partial charge in [0.15, 0.2) is 0 Å². The van der Waals surface area contributed by atoms with Gasteiger partial charge in [-0.1, -0.05) is 36.4 Å². The van der Waals surface area contributed by atoms with Crippen LogP contribution < -0.4 is 0 Å². The van der Waals surface area contributed by atoms with E-state index in [0.717, 1.165) is 23.7 Å². The van der Waals surface area contributed by atoms with Gasteiger partial charge in [0.25, 0.3) is 0 Å². The highest BCUT2D eigenvalue weighted by Gasteiger charge is 2.31. The Balaban J connectivity index is 2.06. The molecular formula is C17H23ClN2. The minimum atomic E-state index is 0.379. The average Bonchev–Trinajstić information content (AvgIpc) is 2.77. The normalized spacial score (nSPS) is 22.9. The molecule has 3 heteroatoms. The Kier molecular flexibility index (Phi) is 5.48. The summed E-state index contributed by atoms with van der Waals surface area (Å²) < 4.78 is 0. The van der Waals surface area contributed by atoms with E-state index in [4.69, 9.17) is 11.6 Å². The Hall–Kier alpha value is -1.01. The summed E-state index contributed by atoms with van der Waals surface area (Å²) in [6.07, 6.45) is 2.40. The summed E-state index contributed by atoms with van der Waals surface area (Å²) in [7, 11) is 4.28. The average molecular weight is 291 g/mol. The van der Waals surface area contributed by atoms with E-state index < -0.39 is 0 Å². The quantitative estimate of drug-likeness (QED) is 0.789. The molecule has 2 rings (SSSR count). The molecule has 0 saturated carbocycles. The van der Waals surface area contributed by atoms with Crippen LogP contribution in [0.2, 0.25) is 5.02 Å². The monoisotopic (exact) mass is 290 g/mol. The van der Waals surface area contributed by atoms with Gasteiger partial charge in [0.2, 0.25) is 0 Å². The molecule has 0 bridgehead atoms. The fraction of sp³-hybridized carbons (Fsp3) is 0.529. The number of halogens is 1. The molecule has 108 valence electrons. The van der Waals surface area contributed by atoms with E-state index in [1.54, 1.807) is 0 Å². The Morgan fingerprint density at radius 1 is 1.35 bits per heavy atom. The SMILES string of the molecule is CCN1C(C#Cc2cccc(Cl)c2)CCC1CN(C)C. The molecule has 0 spiro atoms. The smallest absolute Gasteiger partial charge is 0.0721 e. The molecule has 1 aromatic rings. The van der Waals surface area contributed by atoms with E-state index in [-0.39, 0.29) is 0 Å². The van der Waals surface area contributed by atoms with Crippen LogP contribution in [0.3, 0.4) is 0 Å². The number of benzene rings is 1. The molecule has 0 aliphatic carbocycles. The molecule has 1 aromatic carbocycles. The highest BCUT2D eigenvalue weighted by molar-refractivity contribution is 6.30. The third-order valence-corrected chi connectivity index (χ3v) is 4.03. The van der Waals surface area contributed by atoms with E-state index >= 15 is 0 Å². The van der Waals surface area contributed by atoms with Crippen molar-refractivity contribution in [3.63, 3.8) is 0 Å². The van der Waals surface area contributed by atoms with Crippen molar-refractivity contribution in [2.75, 3.05) is 27.2 Å². The molecule has 2 unspecified atom stereocenters. The van der Waals surface area contributed by atoms with Crippen molar-refractivity contribution in [2.24, 2.45) is 0 Å². The molecule has 1 saturated heterocycles. The van der Waals surface area contributed by atoms with Gasteiger partial charge in [0.05, 0.1) is 6.04 Å². The first-order valence-electron chi connectivity index (χ1n) is 7.27. The molecule has 1 heterocycles. The molecule has 1 fully saturated rings. The number of hydrogen-bond donors (Lipinski definition) is 0. The topological polar surface area (TPSA) is 6.48 Å². The van der Waals surface area contributed by atoms with Crippen LogP contribution in [0.1, 0.15) is 25.3 Å². The maximum absolute atomic E-state index is 5.99. The third kappa shape index (κ3) is 3.99. The summed E-state index contributed by atoms with van der Waals surface area (Å²) >= 11 is 5.99. The summed E-state index contributed by atoms with van der Waals surface area (Å²) in [5.41, 5.74) is 1.00. The minimum absolute atomic E-state index is 0.379. The summed E-state index contributed by atoms with van der Waals surface area (Å²) in [5, 5.41) is 0.751. The molecule has 0 amide bonds. The third-order valence-electron chi connectivity index (χ3n) is 3.79. The molecule has 0 radical (unpaired) electrons. The lowest BCUT2D eigenvalue weighted by Crippen LogP contribution is -2.40. The lowest BCUT2D eigenvalue weighted by Gasteiger charge is -2.28. The molecule has 1 aliphatic rings. The zero-order valence-corrected chi connectivity index (χ0v) is 13.3. The van der Waals surface area contributed by atoms with Crippen molar-refractivity contribution in [3.05, 3.63) is 34.9 Å². The highest BCUT2D eigenvalue weighted by Crippen LogP contribution is 2.24. The van der Waals surface area contributed by atoms with Gasteiger partial charge in [-0.3, -0.25) is 4.90 Å². The van der Waals surface area contributed by atoms with Gasteiger partial charge >= 0.3 is 0 Å². The zero-order chi connectivity index (χ0) is 14.5. The number of nitrogens with zero attached hydrogens (tertiary/aromatic N) is 2. The first-order chi connectivity index (χ1) is 9.60. The van der Waals surface area contributed by atoms with Gasteiger partial charge < -0.3 is 4.90 Å².